The molecular formula is C16H16ClNO2. The van der Waals surface area contributed by atoms with E-state index in [1.165, 1.54) is 0 Å². The maximum Gasteiger partial charge on any atom is 0.338 e. The van der Waals surface area contributed by atoms with Crippen molar-refractivity contribution in [2.45, 2.75) is 13.0 Å². The lowest BCUT2D eigenvalue weighted by Crippen LogP contribution is -2.07. The molecule has 20 heavy (non-hydrogen) atoms. The summed E-state index contributed by atoms with van der Waals surface area (Å²) in [4.78, 5) is 12.0. The standard InChI is InChI=1S/C16H16ClNO2/c17-15-7-2-1-5-14(15)11-20-16(19)13-6-3-4-12(10-13)8-9-18/h1-7,10H,8-9,11,18H2. The van der Waals surface area contributed by atoms with Crippen LogP contribution in [-0.2, 0) is 17.8 Å². The Bertz CT molecular complexity index is 599. The molecule has 0 aliphatic rings. The fraction of sp³-hybridized carbons (Fsp3) is 0.188. The Labute approximate surface area is 123 Å². The summed E-state index contributed by atoms with van der Waals surface area (Å²) in [5, 5.41) is 0.595. The van der Waals surface area contributed by atoms with Crippen LogP contribution >= 0.6 is 11.6 Å². The van der Waals surface area contributed by atoms with Gasteiger partial charge in [0.1, 0.15) is 6.61 Å². The average Bonchev–Trinajstić information content (AvgIpc) is 2.47. The average molecular weight is 290 g/mol. The van der Waals surface area contributed by atoms with Crippen molar-refractivity contribution >= 4 is 17.6 Å². The van der Waals surface area contributed by atoms with E-state index in [0.29, 0.717) is 17.1 Å². The zero-order valence-corrected chi connectivity index (χ0v) is 11.8. The highest BCUT2D eigenvalue weighted by Crippen LogP contribution is 2.16. The number of benzene rings is 2. The molecule has 104 valence electrons. The number of hydrogen-bond acceptors (Lipinski definition) is 3. The summed E-state index contributed by atoms with van der Waals surface area (Å²) < 4.78 is 5.27. The van der Waals surface area contributed by atoms with Crippen LogP contribution in [0.15, 0.2) is 48.5 Å². The Hall–Kier alpha value is -1.84. The minimum absolute atomic E-state index is 0.166. The minimum Gasteiger partial charge on any atom is -0.457 e. The molecule has 0 bridgehead atoms. The molecule has 0 aliphatic carbocycles. The third kappa shape index (κ3) is 3.83. The van der Waals surface area contributed by atoms with E-state index in [4.69, 9.17) is 22.1 Å². The maximum absolute atomic E-state index is 12.0. The van der Waals surface area contributed by atoms with Gasteiger partial charge in [-0.3, -0.25) is 0 Å². The van der Waals surface area contributed by atoms with Crippen LogP contribution in [0.1, 0.15) is 21.5 Å². The van der Waals surface area contributed by atoms with Crippen molar-refractivity contribution in [2.24, 2.45) is 5.73 Å². The van der Waals surface area contributed by atoms with E-state index < -0.39 is 0 Å². The lowest BCUT2D eigenvalue weighted by molar-refractivity contribution is 0.0473. The Morgan fingerprint density at radius 2 is 1.95 bits per heavy atom. The van der Waals surface area contributed by atoms with Gasteiger partial charge in [0, 0.05) is 10.6 Å². The molecule has 0 amide bonds. The second-order valence-corrected chi connectivity index (χ2v) is 4.81. The summed E-state index contributed by atoms with van der Waals surface area (Å²) >= 11 is 6.01. The van der Waals surface area contributed by atoms with Gasteiger partial charge in [-0.25, -0.2) is 4.79 Å². The number of esters is 1. The van der Waals surface area contributed by atoms with Gasteiger partial charge in [0.05, 0.1) is 5.56 Å². The highest BCUT2D eigenvalue weighted by atomic mass is 35.5. The van der Waals surface area contributed by atoms with E-state index in [-0.39, 0.29) is 12.6 Å². The molecule has 0 fully saturated rings. The van der Waals surface area contributed by atoms with Gasteiger partial charge in [-0.05, 0) is 36.7 Å². The van der Waals surface area contributed by atoms with Crippen LogP contribution in [0, 0.1) is 0 Å². The van der Waals surface area contributed by atoms with Gasteiger partial charge in [-0.15, -0.1) is 0 Å². The van der Waals surface area contributed by atoms with E-state index in [1.54, 1.807) is 12.1 Å². The second kappa shape index (κ2) is 7.08. The van der Waals surface area contributed by atoms with Gasteiger partial charge >= 0.3 is 5.97 Å². The van der Waals surface area contributed by atoms with Crippen molar-refractivity contribution in [1.29, 1.82) is 0 Å². The van der Waals surface area contributed by atoms with E-state index in [9.17, 15) is 4.79 Å². The smallest absolute Gasteiger partial charge is 0.338 e. The third-order valence-corrected chi connectivity index (χ3v) is 3.28. The molecule has 0 saturated carbocycles. The van der Waals surface area contributed by atoms with Crippen LogP contribution in [0.5, 0.6) is 0 Å². The highest BCUT2D eigenvalue weighted by molar-refractivity contribution is 6.31. The Morgan fingerprint density at radius 1 is 1.15 bits per heavy atom. The Kier molecular flexibility index (Phi) is 5.16. The van der Waals surface area contributed by atoms with Crippen molar-refractivity contribution in [1.82, 2.24) is 0 Å². The molecule has 0 aromatic heterocycles. The minimum atomic E-state index is -0.358. The quantitative estimate of drug-likeness (QED) is 0.860. The molecule has 2 N–H and O–H groups in total. The first-order valence-electron chi connectivity index (χ1n) is 6.40. The number of carbonyl (C=O) groups excluding carboxylic acids is 1. The van der Waals surface area contributed by atoms with E-state index in [1.807, 2.05) is 36.4 Å². The number of ether oxygens (including phenoxy) is 1. The van der Waals surface area contributed by atoms with Gasteiger partial charge in [0.15, 0.2) is 0 Å². The lowest BCUT2D eigenvalue weighted by atomic mass is 10.1. The van der Waals surface area contributed by atoms with Crippen molar-refractivity contribution in [2.75, 3.05) is 6.54 Å². The molecule has 0 unspecified atom stereocenters. The number of halogens is 1. The molecule has 2 aromatic carbocycles. The van der Waals surface area contributed by atoms with Crippen LogP contribution < -0.4 is 5.73 Å². The Morgan fingerprint density at radius 3 is 2.70 bits per heavy atom. The fourth-order valence-corrected chi connectivity index (χ4v) is 2.05. The molecule has 0 atom stereocenters. The lowest BCUT2D eigenvalue weighted by Gasteiger charge is -2.07. The van der Waals surface area contributed by atoms with Gasteiger partial charge in [0.2, 0.25) is 0 Å². The van der Waals surface area contributed by atoms with Crippen LogP contribution in [0.25, 0.3) is 0 Å². The topological polar surface area (TPSA) is 52.3 Å². The van der Waals surface area contributed by atoms with Crippen molar-refractivity contribution in [3.8, 4) is 0 Å². The summed E-state index contributed by atoms with van der Waals surface area (Å²) in [5.41, 5.74) is 7.86. The van der Waals surface area contributed by atoms with Crippen molar-refractivity contribution in [3.05, 3.63) is 70.2 Å². The summed E-state index contributed by atoms with van der Waals surface area (Å²) in [7, 11) is 0. The molecule has 0 aliphatic heterocycles. The van der Waals surface area contributed by atoms with Crippen molar-refractivity contribution in [3.63, 3.8) is 0 Å². The first-order chi connectivity index (χ1) is 9.70. The van der Waals surface area contributed by atoms with Gasteiger partial charge in [-0.1, -0.05) is 41.9 Å². The summed E-state index contributed by atoms with van der Waals surface area (Å²) in [6, 6.07) is 14.6. The number of carbonyl (C=O) groups is 1. The molecular weight excluding hydrogens is 274 g/mol. The number of nitrogens with two attached hydrogens (primary N) is 1. The molecule has 0 heterocycles. The fourth-order valence-electron chi connectivity index (χ4n) is 1.86. The monoisotopic (exact) mass is 289 g/mol. The summed E-state index contributed by atoms with van der Waals surface area (Å²) in [6.07, 6.45) is 0.742. The predicted molar refractivity (Wildman–Crippen MR) is 79.8 cm³/mol. The first kappa shape index (κ1) is 14.6. The van der Waals surface area contributed by atoms with Crippen LogP contribution in [-0.4, -0.2) is 12.5 Å². The van der Waals surface area contributed by atoms with E-state index >= 15 is 0 Å². The molecule has 0 radical (unpaired) electrons. The maximum atomic E-state index is 12.0. The molecule has 0 saturated heterocycles. The normalized spacial score (nSPS) is 10.3. The highest BCUT2D eigenvalue weighted by Gasteiger charge is 2.09. The third-order valence-electron chi connectivity index (χ3n) is 2.91. The van der Waals surface area contributed by atoms with Crippen LogP contribution in [0.2, 0.25) is 5.02 Å². The zero-order chi connectivity index (χ0) is 14.4. The summed E-state index contributed by atoms with van der Waals surface area (Å²) in [6.45, 7) is 0.720. The van der Waals surface area contributed by atoms with Gasteiger partial charge < -0.3 is 10.5 Å². The van der Waals surface area contributed by atoms with E-state index in [2.05, 4.69) is 0 Å². The van der Waals surface area contributed by atoms with Crippen LogP contribution in [0.4, 0.5) is 0 Å². The molecule has 4 heteroatoms. The van der Waals surface area contributed by atoms with Crippen LogP contribution in [0.3, 0.4) is 0 Å². The summed E-state index contributed by atoms with van der Waals surface area (Å²) in [5.74, 6) is -0.358. The second-order valence-electron chi connectivity index (χ2n) is 4.41. The number of hydrogen-bond donors (Lipinski definition) is 1. The van der Waals surface area contributed by atoms with E-state index in [0.717, 1.165) is 17.5 Å². The largest absolute Gasteiger partial charge is 0.457 e. The number of rotatable bonds is 5. The van der Waals surface area contributed by atoms with Crippen molar-refractivity contribution < 1.29 is 9.53 Å². The van der Waals surface area contributed by atoms with Gasteiger partial charge in [0.25, 0.3) is 0 Å². The molecule has 3 nitrogen and oxygen atoms in total. The first-order valence-corrected chi connectivity index (χ1v) is 6.78. The zero-order valence-electron chi connectivity index (χ0n) is 11.0. The van der Waals surface area contributed by atoms with Gasteiger partial charge in [-0.2, -0.15) is 0 Å². The molecule has 0 spiro atoms. The molecule has 2 aromatic rings. The SMILES string of the molecule is NCCc1cccc(C(=O)OCc2ccccc2Cl)c1. The predicted octanol–water partition coefficient (Wildman–Crippen LogP) is 3.20. The Balaban J connectivity index is 2.01. The molecule has 2 rings (SSSR count).